The number of ether oxygens (including phenoxy) is 1. The Bertz CT molecular complexity index is 977. The predicted molar refractivity (Wildman–Crippen MR) is 106 cm³/mol. The van der Waals surface area contributed by atoms with Gasteiger partial charge in [0.05, 0.1) is 12.2 Å². The third kappa shape index (κ3) is 3.84. The molecule has 2 amide bonds. The van der Waals surface area contributed by atoms with E-state index >= 15 is 0 Å². The third-order valence-corrected chi connectivity index (χ3v) is 5.84. The lowest BCUT2D eigenvalue weighted by Crippen LogP contribution is -2.44. The number of amides is 2. The van der Waals surface area contributed by atoms with Crippen LogP contribution in [0.4, 0.5) is 9.18 Å². The molecule has 1 aromatic carbocycles. The number of fused-ring (bicyclic) bond motifs is 1. The van der Waals surface area contributed by atoms with Crippen LogP contribution in [0.5, 0.6) is 11.5 Å². The van der Waals surface area contributed by atoms with E-state index in [4.69, 9.17) is 4.74 Å². The second kappa shape index (κ2) is 7.98. The summed E-state index contributed by atoms with van der Waals surface area (Å²) in [5.74, 6) is 0.108. The molecule has 0 fully saturated rings. The lowest BCUT2D eigenvalue weighted by molar-refractivity contribution is 0.175. The molecule has 0 spiro atoms. The number of carbonyl (C=O) groups is 1. The van der Waals surface area contributed by atoms with Gasteiger partial charge in [0.25, 0.3) is 0 Å². The van der Waals surface area contributed by atoms with Crippen LogP contribution in [-0.4, -0.2) is 22.5 Å². The SMILES string of the molecule is C[C@@H]1c2ccsc2CCN1C(=O)NCc1ccc(Oc2cccnc2)c(F)c1. The monoisotopic (exact) mass is 397 g/mol. The van der Waals surface area contributed by atoms with Crippen molar-refractivity contribution < 1.29 is 13.9 Å². The second-order valence-electron chi connectivity index (χ2n) is 6.63. The van der Waals surface area contributed by atoms with Crippen LogP contribution in [-0.2, 0) is 13.0 Å². The van der Waals surface area contributed by atoms with Crippen molar-refractivity contribution in [1.29, 1.82) is 0 Å². The molecule has 1 aliphatic heterocycles. The first-order chi connectivity index (χ1) is 13.6. The van der Waals surface area contributed by atoms with Crippen LogP contribution in [0.2, 0.25) is 0 Å². The van der Waals surface area contributed by atoms with Crippen LogP contribution in [0.1, 0.15) is 29.0 Å². The van der Waals surface area contributed by atoms with Gasteiger partial charge in [-0.1, -0.05) is 6.07 Å². The minimum atomic E-state index is -0.482. The summed E-state index contributed by atoms with van der Waals surface area (Å²) in [6.07, 6.45) is 4.02. The Labute approximate surface area is 166 Å². The molecule has 1 N–H and O–H groups in total. The highest BCUT2D eigenvalue weighted by atomic mass is 32.1. The Kier molecular flexibility index (Phi) is 5.25. The fourth-order valence-corrected chi connectivity index (χ4v) is 4.30. The summed E-state index contributed by atoms with van der Waals surface area (Å²) in [5, 5.41) is 4.96. The lowest BCUT2D eigenvalue weighted by atomic mass is 10.0. The first-order valence-corrected chi connectivity index (χ1v) is 9.97. The summed E-state index contributed by atoms with van der Waals surface area (Å²) < 4.78 is 19.8. The molecule has 3 aromatic rings. The van der Waals surface area contributed by atoms with E-state index in [1.165, 1.54) is 22.7 Å². The molecule has 1 aliphatic rings. The zero-order valence-corrected chi connectivity index (χ0v) is 16.2. The molecular weight excluding hydrogens is 377 g/mol. The van der Waals surface area contributed by atoms with Gasteiger partial charge in [-0.2, -0.15) is 0 Å². The maximum atomic E-state index is 14.3. The lowest BCUT2D eigenvalue weighted by Gasteiger charge is -2.33. The Morgan fingerprint density at radius 3 is 3.07 bits per heavy atom. The number of hydrogen-bond acceptors (Lipinski definition) is 4. The highest BCUT2D eigenvalue weighted by molar-refractivity contribution is 7.10. The normalized spacial score (nSPS) is 15.8. The van der Waals surface area contributed by atoms with E-state index in [2.05, 4.69) is 21.7 Å². The van der Waals surface area contributed by atoms with Crippen molar-refractivity contribution in [2.75, 3.05) is 6.54 Å². The number of benzene rings is 1. The van der Waals surface area contributed by atoms with Crippen LogP contribution in [0.15, 0.2) is 54.2 Å². The molecule has 0 bridgehead atoms. The van der Waals surface area contributed by atoms with Crippen molar-refractivity contribution in [3.05, 3.63) is 76.0 Å². The molecule has 4 rings (SSSR count). The molecule has 28 heavy (non-hydrogen) atoms. The second-order valence-corrected chi connectivity index (χ2v) is 7.63. The van der Waals surface area contributed by atoms with E-state index < -0.39 is 5.82 Å². The molecule has 7 heteroatoms. The van der Waals surface area contributed by atoms with Gasteiger partial charge < -0.3 is 15.0 Å². The average molecular weight is 397 g/mol. The summed E-state index contributed by atoms with van der Waals surface area (Å²) in [7, 11) is 0. The molecule has 3 heterocycles. The van der Waals surface area contributed by atoms with E-state index in [0.29, 0.717) is 17.9 Å². The van der Waals surface area contributed by atoms with Gasteiger partial charge in [-0.25, -0.2) is 9.18 Å². The number of rotatable bonds is 4. The van der Waals surface area contributed by atoms with Crippen molar-refractivity contribution >= 4 is 17.4 Å². The van der Waals surface area contributed by atoms with Crippen molar-refractivity contribution in [1.82, 2.24) is 15.2 Å². The Morgan fingerprint density at radius 2 is 2.29 bits per heavy atom. The number of carbonyl (C=O) groups excluding carboxylic acids is 1. The van der Waals surface area contributed by atoms with Crippen LogP contribution in [0.25, 0.3) is 0 Å². The van der Waals surface area contributed by atoms with Crippen molar-refractivity contribution in [2.24, 2.45) is 0 Å². The number of hydrogen-bond donors (Lipinski definition) is 1. The molecule has 1 atom stereocenters. The molecule has 0 saturated carbocycles. The van der Waals surface area contributed by atoms with E-state index in [1.54, 1.807) is 41.8 Å². The molecule has 2 aromatic heterocycles. The van der Waals surface area contributed by atoms with Gasteiger partial charge in [0.2, 0.25) is 0 Å². The van der Waals surface area contributed by atoms with E-state index in [1.807, 2.05) is 11.8 Å². The maximum absolute atomic E-state index is 14.3. The zero-order chi connectivity index (χ0) is 19.5. The Morgan fingerprint density at radius 1 is 1.39 bits per heavy atom. The van der Waals surface area contributed by atoms with E-state index in [0.717, 1.165) is 6.42 Å². The minimum Gasteiger partial charge on any atom is -0.453 e. The number of halogens is 1. The first-order valence-electron chi connectivity index (χ1n) is 9.09. The molecule has 0 saturated heterocycles. The zero-order valence-electron chi connectivity index (χ0n) is 15.4. The number of nitrogens with zero attached hydrogens (tertiary/aromatic N) is 2. The largest absolute Gasteiger partial charge is 0.453 e. The number of urea groups is 1. The van der Waals surface area contributed by atoms with Crippen LogP contribution < -0.4 is 10.1 Å². The van der Waals surface area contributed by atoms with Crippen molar-refractivity contribution in [3.63, 3.8) is 0 Å². The first kappa shape index (κ1) is 18.4. The third-order valence-electron chi connectivity index (χ3n) is 4.84. The van der Waals surface area contributed by atoms with Crippen molar-refractivity contribution in [2.45, 2.75) is 25.9 Å². The Hall–Kier alpha value is -2.93. The van der Waals surface area contributed by atoms with Gasteiger partial charge in [0.15, 0.2) is 11.6 Å². The van der Waals surface area contributed by atoms with Crippen molar-refractivity contribution in [3.8, 4) is 11.5 Å². The molecule has 0 unspecified atom stereocenters. The van der Waals surface area contributed by atoms with Gasteiger partial charge >= 0.3 is 6.03 Å². The quantitative estimate of drug-likeness (QED) is 0.681. The van der Waals surface area contributed by atoms with Gasteiger partial charge in [-0.3, -0.25) is 4.98 Å². The van der Waals surface area contributed by atoms with Gasteiger partial charge in [0, 0.05) is 24.2 Å². The smallest absolute Gasteiger partial charge is 0.318 e. The molecular formula is C21H20FN3O2S. The van der Waals surface area contributed by atoms with Gasteiger partial charge in [-0.15, -0.1) is 11.3 Å². The predicted octanol–water partition coefficient (Wildman–Crippen LogP) is 4.90. The summed E-state index contributed by atoms with van der Waals surface area (Å²) in [4.78, 5) is 19.7. The Balaban J connectivity index is 1.37. The fraction of sp³-hybridized carbons (Fsp3) is 0.238. The minimum absolute atomic E-state index is 0.0435. The average Bonchev–Trinajstić information content (AvgIpc) is 3.19. The summed E-state index contributed by atoms with van der Waals surface area (Å²) in [6, 6.07) is 10.1. The summed E-state index contributed by atoms with van der Waals surface area (Å²) in [6.45, 7) is 2.98. The molecule has 0 aliphatic carbocycles. The summed E-state index contributed by atoms with van der Waals surface area (Å²) >= 11 is 1.74. The van der Waals surface area contributed by atoms with Crippen LogP contribution in [0.3, 0.4) is 0 Å². The molecule has 5 nitrogen and oxygen atoms in total. The number of thiophene rings is 1. The number of pyridine rings is 1. The number of nitrogens with one attached hydrogen (secondary N) is 1. The van der Waals surface area contributed by atoms with Crippen LogP contribution >= 0.6 is 11.3 Å². The number of aromatic nitrogens is 1. The highest BCUT2D eigenvalue weighted by Crippen LogP contribution is 2.32. The van der Waals surface area contributed by atoms with E-state index in [9.17, 15) is 9.18 Å². The molecule has 0 radical (unpaired) electrons. The standard InChI is InChI=1S/C21H20FN3O2S/c1-14-17-7-10-28-20(17)6-9-25(14)21(26)24-12-15-4-5-19(18(22)11-15)27-16-3-2-8-23-13-16/h2-5,7-8,10-11,13-14H,6,9,12H2,1H3,(H,24,26)/t14-/m1/s1. The van der Waals surface area contributed by atoms with Gasteiger partial charge in [-0.05, 0) is 60.2 Å². The summed E-state index contributed by atoms with van der Waals surface area (Å²) in [5.41, 5.74) is 1.89. The fourth-order valence-electron chi connectivity index (χ4n) is 3.34. The van der Waals surface area contributed by atoms with Gasteiger partial charge in [0.1, 0.15) is 5.75 Å². The highest BCUT2D eigenvalue weighted by Gasteiger charge is 2.28. The van der Waals surface area contributed by atoms with Crippen LogP contribution in [0, 0.1) is 5.82 Å². The maximum Gasteiger partial charge on any atom is 0.318 e. The molecule has 144 valence electrons. The van der Waals surface area contributed by atoms with E-state index in [-0.39, 0.29) is 24.4 Å². The topological polar surface area (TPSA) is 54.5 Å².